The van der Waals surface area contributed by atoms with Crippen molar-refractivity contribution in [3.8, 4) is 0 Å². The lowest BCUT2D eigenvalue weighted by Gasteiger charge is -2.37. The Hall–Kier alpha value is -0.620. The molecule has 0 N–H and O–H groups in total. The first-order chi connectivity index (χ1) is 8.94. The van der Waals surface area contributed by atoms with E-state index in [2.05, 4.69) is 4.90 Å². The number of Topliss-reactive ketones (excluding diaryl/α,β-unsaturated/α-hetero) is 1. The van der Waals surface area contributed by atoms with Gasteiger partial charge in [0.05, 0.1) is 6.54 Å². The van der Waals surface area contributed by atoms with Gasteiger partial charge in [-0.1, -0.05) is 6.42 Å². The summed E-state index contributed by atoms with van der Waals surface area (Å²) < 4.78 is 36.8. The lowest BCUT2D eigenvalue weighted by molar-refractivity contribution is -0.149. The summed E-state index contributed by atoms with van der Waals surface area (Å²) in [6.45, 7) is 2.09. The summed E-state index contributed by atoms with van der Waals surface area (Å²) in [6, 6.07) is 0. The van der Waals surface area contributed by atoms with Crippen LogP contribution in [-0.4, -0.2) is 61.0 Å². The minimum Gasteiger partial charge on any atom is -0.300 e. The predicted molar refractivity (Wildman–Crippen MR) is 65.9 cm³/mol. The number of halogens is 3. The quantitative estimate of drug-likeness (QED) is 0.788. The smallest absolute Gasteiger partial charge is 0.300 e. The molecule has 110 valence electrons. The van der Waals surface area contributed by atoms with Crippen LogP contribution in [0.3, 0.4) is 0 Å². The molecule has 2 aliphatic rings. The highest BCUT2D eigenvalue weighted by molar-refractivity contribution is 5.81. The third kappa shape index (κ3) is 4.76. The van der Waals surface area contributed by atoms with Gasteiger partial charge in [-0.15, -0.1) is 0 Å². The maximum absolute atomic E-state index is 12.3. The van der Waals surface area contributed by atoms with E-state index in [1.54, 1.807) is 0 Å². The Morgan fingerprint density at radius 1 is 1.05 bits per heavy atom. The Morgan fingerprint density at radius 3 is 2.26 bits per heavy atom. The molecule has 1 atom stereocenters. The summed E-state index contributed by atoms with van der Waals surface area (Å²) in [6.07, 6.45) is -0.388. The molecule has 0 spiro atoms. The Kier molecular flexibility index (Phi) is 4.84. The van der Waals surface area contributed by atoms with E-state index in [1.807, 2.05) is 0 Å². The van der Waals surface area contributed by atoms with Crippen LogP contribution in [0.2, 0.25) is 0 Å². The first-order valence-electron chi connectivity index (χ1n) is 6.98. The predicted octanol–water partition coefficient (Wildman–Crippen LogP) is 1.93. The molecule has 0 aromatic heterocycles. The van der Waals surface area contributed by atoms with E-state index in [0.29, 0.717) is 38.4 Å². The fourth-order valence-corrected chi connectivity index (χ4v) is 2.94. The molecule has 0 bridgehead atoms. The summed E-state index contributed by atoms with van der Waals surface area (Å²) in [5.74, 6) is 0.451. The Morgan fingerprint density at radius 2 is 1.68 bits per heavy atom. The number of alkyl halides is 3. The number of ketones is 1. The summed E-state index contributed by atoms with van der Waals surface area (Å²) in [7, 11) is 0. The van der Waals surface area contributed by atoms with E-state index in [0.717, 1.165) is 25.8 Å². The molecule has 1 saturated carbocycles. The maximum Gasteiger partial charge on any atom is 0.401 e. The van der Waals surface area contributed by atoms with Gasteiger partial charge < -0.3 is 4.90 Å². The molecule has 0 radical (unpaired) electrons. The second kappa shape index (κ2) is 6.22. The third-order valence-corrected chi connectivity index (χ3v) is 4.03. The van der Waals surface area contributed by atoms with Gasteiger partial charge in [0.2, 0.25) is 0 Å². The average molecular weight is 278 g/mol. The lowest BCUT2D eigenvalue weighted by atomic mass is 9.87. The minimum atomic E-state index is -4.11. The van der Waals surface area contributed by atoms with Crippen molar-refractivity contribution >= 4 is 5.78 Å². The van der Waals surface area contributed by atoms with Crippen LogP contribution < -0.4 is 0 Å². The zero-order valence-electron chi connectivity index (χ0n) is 11.1. The highest BCUT2D eigenvalue weighted by Crippen LogP contribution is 2.22. The highest BCUT2D eigenvalue weighted by Gasteiger charge is 2.33. The van der Waals surface area contributed by atoms with Gasteiger partial charge in [-0.25, -0.2) is 0 Å². The number of hydrogen-bond donors (Lipinski definition) is 0. The SMILES string of the molecule is O=C1CCCCC1CN1CCN(CC(F)(F)F)CC1. The fourth-order valence-electron chi connectivity index (χ4n) is 2.94. The van der Waals surface area contributed by atoms with Crippen LogP contribution in [0, 0.1) is 5.92 Å². The Balaban J connectivity index is 1.72. The highest BCUT2D eigenvalue weighted by atomic mass is 19.4. The first kappa shape index (κ1) is 14.8. The van der Waals surface area contributed by atoms with Crippen LogP contribution >= 0.6 is 0 Å². The first-order valence-corrected chi connectivity index (χ1v) is 6.98. The van der Waals surface area contributed by atoms with Crippen LogP contribution in [0.1, 0.15) is 25.7 Å². The van der Waals surface area contributed by atoms with Crippen LogP contribution in [0.25, 0.3) is 0 Å². The molecule has 6 heteroatoms. The van der Waals surface area contributed by atoms with Gasteiger partial charge in [0, 0.05) is 45.1 Å². The molecule has 1 aliphatic carbocycles. The lowest BCUT2D eigenvalue weighted by Crippen LogP contribution is -2.50. The topological polar surface area (TPSA) is 23.6 Å². The molecule has 1 aliphatic heterocycles. The number of carbonyl (C=O) groups excluding carboxylic acids is 1. The van der Waals surface area contributed by atoms with Crippen molar-refractivity contribution in [2.75, 3.05) is 39.3 Å². The van der Waals surface area contributed by atoms with E-state index in [-0.39, 0.29) is 5.92 Å². The molecule has 0 amide bonds. The molecule has 1 unspecified atom stereocenters. The molecule has 0 aromatic carbocycles. The van der Waals surface area contributed by atoms with Crippen LogP contribution in [-0.2, 0) is 4.79 Å². The summed E-state index contributed by atoms with van der Waals surface area (Å²) in [5.41, 5.74) is 0. The number of piperazine rings is 1. The van der Waals surface area contributed by atoms with E-state index in [1.165, 1.54) is 4.90 Å². The van der Waals surface area contributed by atoms with Gasteiger partial charge in [-0.3, -0.25) is 9.69 Å². The second-order valence-electron chi connectivity index (χ2n) is 5.60. The standard InChI is InChI=1S/C13H21F3N2O/c14-13(15,16)10-18-7-5-17(6-8-18)9-11-3-1-2-4-12(11)19/h11H,1-10H2. The van der Waals surface area contributed by atoms with Crippen molar-refractivity contribution in [1.29, 1.82) is 0 Å². The number of nitrogens with zero attached hydrogens (tertiary/aromatic N) is 2. The monoisotopic (exact) mass is 278 g/mol. The van der Waals surface area contributed by atoms with Crippen molar-refractivity contribution in [3.63, 3.8) is 0 Å². The van der Waals surface area contributed by atoms with E-state index in [4.69, 9.17) is 0 Å². The van der Waals surface area contributed by atoms with E-state index >= 15 is 0 Å². The van der Waals surface area contributed by atoms with Gasteiger partial charge >= 0.3 is 6.18 Å². The molecular weight excluding hydrogens is 257 g/mol. The normalized spacial score (nSPS) is 27.7. The largest absolute Gasteiger partial charge is 0.401 e. The maximum atomic E-state index is 12.3. The van der Waals surface area contributed by atoms with Gasteiger partial charge in [-0.05, 0) is 12.8 Å². The third-order valence-electron chi connectivity index (χ3n) is 4.03. The van der Waals surface area contributed by atoms with Crippen LogP contribution in [0.4, 0.5) is 13.2 Å². The minimum absolute atomic E-state index is 0.114. The number of hydrogen-bond acceptors (Lipinski definition) is 3. The second-order valence-corrected chi connectivity index (χ2v) is 5.60. The van der Waals surface area contributed by atoms with Gasteiger partial charge in [0.1, 0.15) is 5.78 Å². The van der Waals surface area contributed by atoms with Gasteiger partial charge in [0.25, 0.3) is 0 Å². The van der Waals surface area contributed by atoms with E-state index < -0.39 is 12.7 Å². The van der Waals surface area contributed by atoms with Crippen molar-refractivity contribution in [2.45, 2.75) is 31.9 Å². The van der Waals surface area contributed by atoms with Crippen molar-refractivity contribution in [1.82, 2.24) is 9.80 Å². The number of carbonyl (C=O) groups is 1. The fraction of sp³-hybridized carbons (Fsp3) is 0.923. The molecule has 3 nitrogen and oxygen atoms in total. The average Bonchev–Trinajstić information content (AvgIpc) is 2.33. The zero-order valence-corrected chi connectivity index (χ0v) is 11.1. The zero-order chi connectivity index (χ0) is 13.9. The molecule has 19 heavy (non-hydrogen) atoms. The molecule has 1 heterocycles. The van der Waals surface area contributed by atoms with Crippen molar-refractivity contribution in [2.24, 2.45) is 5.92 Å². The van der Waals surface area contributed by atoms with Crippen molar-refractivity contribution in [3.05, 3.63) is 0 Å². The summed E-state index contributed by atoms with van der Waals surface area (Å²) in [4.78, 5) is 15.3. The summed E-state index contributed by atoms with van der Waals surface area (Å²) in [5, 5.41) is 0. The van der Waals surface area contributed by atoms with E-state index in [9.17, 15) is 18.0 Å². The van der Waals surface area contributed by atoms with Gasteiger partial charge in [-0.2, -0.15) is 13.2 Å². The molecule has 1 saturated heterocycles. The number of rotatable bonds is 3. The van der Waals surface area contributed by atoms with Gasteiger partial charge in [0.15, 0.2) is 0 Å². The molecular formula is C13H21F3N2O. The van der Waals surface area contributed by atoms with Crippen LogP contribution in [0.15, 0.2) is 0 Å². The van der Waals surface area contributed by atoms with Crippen molar-refractivity contribution < 1.29 is 18.0 Å². The Bertz CT molecular complexity index is 312. The van der Waals surface area contributed by atoms with Crippen LogP contribution in [0.5, 0.6) is 0 Å². The summed E-state index contributed by atoms with van der Waals surface area (Å²) >= 11 is 0. The molecule has 2 rings (SSSR count). The molecule has 0 aromatic rings. The molecule has 2 fully saturated rings. The Labute approximate surface area is 111 Å².